The smallest absolute Gasteiger partial charge is 0.170 e. The Labute approximate surface area is 140 Å². The first kappa shape index (κ1) is 17.2. The van der Waals surface area contributed by atoms with Crippen molar-refractivity contribution < 1.29 is 0 Å². The fourth-order valence-electron chi connectivity index (χ4n) is 2.83. The fourth-order valence-corrected chi connectivity index (χ4v) is 3.04. The lowest BCUT2D eigenvalue weighted by molar-refractivity contribution is 0.191. The molecule has 1 saturated heterocycles. The first-order valence-corrected chi connectivity index (χ1v) is 8.80. The maximum Gasteiger partial charge on any atom is 0.170 e. The molecule has 4 heteroatoms. The Balaban J connectivity index is 1.64. The summed E-state index contributed by atoms with van der Waals surface area (Å²) in [6.07, 6.45) is 3.84. The number of piperidine rings is 1. The molecule has 1 heterocycles. The number of benzene rings is 1. The number of nitrogens with one attached hydrogen (secondary N) is 2. The summed E-state index contributed by atoms with van der Waals surface area (Å²) in [6.45, 7) is 11.2. The highest BCUT2D eigenvalue weighted by Gasteiger charge is 2.14. The van der Waals surface area contributed by atoms with Gasteiger partial charge in [-0.25, -0.2) is 0 Å². The Kier molecular flexibility index (Phi) is 6.65. The van der Waals surface area contributed by atoms with Crippen LogP contribution in [-0.2, 0) is 0 Å². The van der Waals surface area contributed by atoms with Crippen LogP contribution in [0, 0.1) is 19.8 Å². The van der Waals surface area contributed by atoms with E-state index in [4.69, 9.17) is 12.2 Å². The molecule has 0 aliphatic carbocycles. The second-order valence-corrected chi connectivity index (χ2v) is 6.99. The van der Waals surface area contributed by atoms with Gasteiger partial charge in [0.2, 0.25) is 0 Å². The summed E-state index contributed by atoms with van der Waals surface area (Å²) >= 11 is 5.39. The Morgan fingerprint density at radius 2 is 2.00 bits per heavy atom. The highest BCUT2D eigenvalue weighted by Crippen LogP contribution is 2.16. The molecule has 22 heavy (non-hydrogen) atoms. The van der Waals surface area contributed by atoms with Crippen molar-refractivity contribution in [1.82, 2.24) is 10.2 Å². The number of thiocarbonyl (C=S) groups is 1. The van der Waals surface area contributed by atoms with Gasteiger partial charge in [0.25, 0.3) is 0 Å². The van der Waals surface area contributed by atoms with Crippen LogP contribution in [0.4, 0.5) is 5.69 Å². The van der Waals surface area contributed by atoms with Gasteiger partial charge in [0.15, 0.2) is 5.11 Å². The van der Waals surface area contributed by atoms with Gasteiger partial charge in [0.1, 0.15) is 0 Å². The van der Waals surface area contributed by atoms with Gasteiger partial charge in [-0.2, -0.15) is 0 Å². The third kappa shape index (κ3) is 5.58. The van der Waals surface area contributed by atoms with E-state index in [0.717, 1.165) is 29.7 Å². The van der Waals surface area contributed by atoms with E-state index in [0.29, 0.717) is 0 Å². The second-order valence-electron chi connectivity index (χ2n) is 6.58. The zero-order valence-electron chi connectivity index (χ0n) is 14.1. The number of hydrogen-bond donors (Lipinski definition) is 2. The van der Waals surface area contributed by atoms with E-state index in [-0.39, 0.29) is 0 Å². The van der Waals surface area contributed by atoms with E-state index in [2.05, 4.69) is 54.5 Å². The van der Waals surface area contributed by atoms with E-state index in [1.807, 2.05) is 0 Å². The molecule has 0 aromatic heterocycles. The van der Waals surface area contributed by atoms with Gasteiger partial charge in [-0.15, -0.1) is 0 Å². The highest BCUT2D eigenvalue weighted by molar-refractivity contribution is 7.80. The molecule has 2 N–H and O–H groups in total. The molecule has 0 unspecified atom stereocenters. The first-order chi connectivity index (χ1) is 10.5. The molecule has 0 amide bonds. The summed E-state index contributed by atoms with van der Waals surface area (Å²) in [5, 5.41) is 7.34. The standard InChI is InChI=1S/C18H29N3S/c1-14-7-11-21(12-8-14)10-4-9-19-18(22)20-17-13-15(2)5-6-16(17)3/h5-6,13-14H,4,7-12H2,1-3H3,(H2,19,20,22). The number of likely N-dealkylation sites (tertiary alicyclic amines) is 1. The Bertz CT molecular complexity index is 493. The van der Waals surface area contributed by atoms with E-state index < -0.39 is 0 Å². The number of aryl methyl sites for hydroxylation is 2. The summed E-state index contributed by atoms with van der Waals surface area (Å²) in [6, 6.07) is 6.38. The SMILES string of the molecule is Cc1ccc(C)c(NC(=S)NCCCN2CCC(C)CC2)c1. The molecule has 2 rings (SSSR count). The third-order valence-corrected chi connectivity index (χ3v) is 4.70. The predicted molar refractivity (Wildman–Crippen MR) is 99.6 cm³/mol. The minimum Gasteiger partial charge on any atom is -0.362 e. The maximum absolute atomic E-state index is 5.39. The van der Waals surface area contributed by atoms with Crippen LogP contribution in [0.1, 0.15) is 37.3 Å². The summed E-state index contributed by atoms with van der Waals surface area (Å²) in [5.41, 5.74) is 3.56. The lowest BCUT2D eigenvalue weighted by Gasteiger charge is -2.30. The van der Waals surface area contributed by atoms with Gasteiger partial charge >= 0.3 is 0 Å². The first-order valence-electron chi connectivity index (χ1n) is 8.39. The Morgan fingerprint density at radius 3 is 2.73 bits per heavy atom. The largest absolute Gasteiger partial charge is 0.362 e. The molecule has 0 spiro atoms. The van der Waals surface area contributed by atoms with Crippen molar-refractivity contribution in [3.05, 3.63) is 29.3 Å². The van der Waals surface area contributed by atoms with Crippen LogP contribution in [0.5, 0.6) is 0 Å². The Morgan fingerprint density at radius 1 is 1.27 bits per heavy atom. The van der Waals surface area contributed by atoms with Crippen LogP contribution in [0.25, 0.3) is 0 Å². The van der Waals surface area contributed by atoms with Crippen molar-refractivity contribution in [2.45, 2.75) is 40.0 Å². The molecule has 0 saturated carbocycles. The molecule has 1 aliphatic rings. The van der Waals surface area contributed by atoms with Gasteiger partial charge in [-0.1, -0.05) is 19.1 Å². The zero-order chi connectivity index (χ0) is 15.9. The second kappa shape index (κ2) is 8.49. The zero-order valence-corrected chi connectivity index (χ0v) is 14.9. The minimum absolute atomic E-state index is 0.723. The molecule has 1 aromatic carbocycles. The van der Waals surface area contributed by atoms with Crippen LogP contribution >= 0.6 is 12.2 Å². The molecule has 1 fully saturated rings. The van der Waals surface area contributed by atoms with Crippen molar-refractivity contribution in [2.24, 2.45) is 5.92 Å². The van der Waals surface area contributed by atoms with E-state index in [1.54, 1.807) is 0 Å². The third-order valence-electron chi connectivity index (χ3n) is 4.45. The number of hydrogen-bond acceptors (Lipinski definition) is 2. The molecule has 1 aromatic rings. The van der Waals surface area contributed by atoms with Gasteiger partial charge in [0, 0.05) is 12.2 Å². The molecule has 0 bridgehead atoms. The lowest BCUT2D eigenvalue weighted by Crippen LogP contribution is -2.36. The molecule has 1 aliphatic heterocycles. The average Bonchev–Trinajstić information content (AvgIpc) is 2.49. The monoisotopic (exact) mass is 319 g/mol. The maximum atomic E-state index is 5.39. The van der Waals surface area contributed by atoms with Crippen molar-refractivity contribution in [1.29, 1.82) is 0 Å². The highest BCUT2D eigenvalue weighted by atomic mass is 32.1. The van der Waals surface area contributed by atoms with Crippen molar-refractivity contribution in [2.75, 3.05) is 31.5 Å². The minimum atomic E-state index is 0.723. The van der Waals surface area contributed by atoms with Crippen molar-refractivity contribution in [3.63, 3.8) is 0 Å². The molecular weight excluding hydrogens is 290 g/mol. The molecular formula is C18H29N3S. The van der Waals surface area contributed by atoms with Gasteiger partial charge in [0.05, 0.1) is 0 Å². The van der Waals surface area contributed by atoms with E-state index >= 15 is 0 Å². The number of anilines is 1. The lowest BCUT2D eigenvalue weighted by atomic mass is 9.99. The normalized spacial score (nSPS) is 16.5. The summed E-state index contributed by atoms with van der Waals surface area (Å²) < 4.78 is 0. The molecule has 122 valence electrons. The fraction of sp³-hybridized carbons (Fsp3) is 0.611. The van der Waals surface area contributed by atoms with Gasteiger partial charge < -0.3 is 15.5 Å². The number of rotatable bonds is 5. The van der Waals surface area contributed by atoms with Gasteiger partial charge in [-0.05, 0) is 88.1 Å². The summed E-state index contributed by atoms with van der Waals surface area (Å²) in [5.74, 6) is 0.906. The molecule has 0 radical (unpaired) electrons. The van der Waals surface area contributed by atoms with Crippen LogP contribution in [-0.4, -0.2) is 36.2 Å². The van der Waals surface area contributed by atoms with Crippen molar-refractivity contribution >= 4 is 23.0 Å². The van der Waals surface area contributed by atoms with Crippen LogP contribution in [0.15, 0.2) is 18.2 Å². The number of nitrogens with zero attached hydrogens (tertiary/aromatic N) is 1. The average molecular weight is 320 g/mol. The summed E-state index contributed by atoms with van der Waals surface area (Å²) in [4.78, 5) is 2.57. The van der Waals surface area contributed by atoms with Crippen LogP contribution in [0.3, 0.4) is 0 Å². The topological polar surface area (TPSA) is 27.3 Å². The van der Waals surface area contributed by atoms with Crippen LogP contribution < -0.4 is 10.6 Å². The van der Waals surface area contributed by atoms with Gasteiger partial charge in [-0.3, -0.25) is 0 Å². The van der Waals surface area contributed by atoms with Crippen LogP contribution in [0.2, 0.25) is 0 Å². The predicted octanol–water partition coefficient (Wildman–Crippen LogP) is 3.71. The molecule has 0 atom stereocenters. The molecule has 3 nitrogen and oxygen atoms in total. The van der Waals surface area contributed by atoms with E-state index in [1.165, 1.54) is 43.6 Å². The summed E-state index contributed by atoms with van der Waals surface area (Å²) in [7, 11) is 0. The Hall–Kier alpha value is -1.13. The van der Waals surface area contributed by atoms with Crippen molar-refractivity contribution in [3.8, 4) is 0 Å². The quantitative estimate of drug-likeness (QED) is 0.639. The van der Waals surface area contributed by atoms with E-state index in [9.17, 15) is 0 Å².